The fourth-order valence-electron chi connectivity index (χ4n) is 1.73. The Balaban J connectivity index is 2.21. The number of aryl methyl sites for hydroxylation is 1. The van der Waals surface area contributed by atoms with Crippen LogP contribution in [0.1, 0.15) is 12.5 Å². The Hall–Kier alpha value is -2.63. The van der Waals surface area contributed by atoms with Gasteiger partial charge in [0.15, 0.2) is 0 Å². The second kappa shape index (κ2) is 6.01. The first kappa shape index (κ1) is 13.8. The van der Waals surface area contributed by atoms with E-state index in [1.165, 1.54) is 12.1 Å². The zero-order chi connectivity index (χ0) is 14.5. The Morgan fingerprint density at radius 2 is 2.15 bits per heavy atom. The second-order valence-electron chi connectivity index (χ2n) is 4.20. The Morgan fingerprint density at radius 1 is 1.35 bits per heavy atom. The lowest BCUT2D eigenvalue weighted by Crippen LogP contribution is -2.00. The van der Waals surface area contributed by atoms with E-state index in [4.69, 9.17) is 4.74 Å². The molecule has 0 amide bonds. The number of benzene rings is 1. The summed E-state index contributed by atoms with van der Waals surface area (Å²) in [6.45, 7) is 4.51. The van der Waals surface area contributed by atoms with Crippen LogP contribution in [0.4, 0.5) is 11.5 Å². The first-order chi connectivity index (χ1) is 9.60. The van der Waals surface area contributed by atoms with Gasteiger partial charge in [-0.1, -0.05) is 6.07 Å². The van der Waals surface area contributed by atoms with E-state index in [1.807, 2.05) is 19.1 Å². The number of ether oxygens (including phenoxy) is 1. The minimum Gasteiger partial charge on any atom is -0.439 e. The number of hydrogen-bond donors (Lipinski definition) is 1. The first-order valence-corrected chi connectivity index (χ1v) is 6.24. The van der Waals surface area contributed by atoms with Gasteiger partial charge in [0.05, 0.1) is 4.92 Å². The van der Waals surface area contributed by atoms with Gasteiger partial charge in [-0.25, -0.2) is 0 Å². The van der Waals surface area contributed by atoms with Crippen LogP contribution in [0.5, 0.6) is 11.6 Å². The maximum atomic E-state index is 10.7. The van der Waals surface area contributed by atoms with Gasteiger partial charge in [-0.05, 0) is 31.5 Å². The Kier molecular flexibility index (Phi) is 4.14. The maximum Gasteiger partial charge on any atom is 0.269 e. The highest BCUT2D eigenvalue weighted by atomic mass is 16.6. The van der Waals surface area contributed by atoms with E-state index in [1.54, 1.807) is 19.1 Å². The highest BCUT2D eigenvalue weighted by Crippen LogP contribution is 2.27. The zero-order valence-electron chi connectivity index (χ0n) is 11.3. The van der Waals surface area contributed by atoms with Crippen molar-refractivity contribution in [2.75, 3.05) is 11.9 Å². The van der Waals surface area contributed by atoms with E-state index in [0.717, 1.165) is 12.4 Å². The molecule has 0 aliphatic heterocycles. The fourth-order valence-corrected chi connectivity index (χ4v) is 1.73. The fraction of sp³-hybridized carbons (Fsp3) is 0.214. The number of nitrogens with one attached hydrogen (secondary N) is 1. The summed E-state index contributed by atoms with van der Waals surface area (Å²) in [6, 6.07) is 9.89. The predicted octanol–water partition coefficient (Wildman–Crippen LogP) is 3.52. The molecule has 1 aromatic carbocycles. The smallest absolute Gasteiger partial charge is 0.269 e. The summed E-state index contributed by atoms with van der Waals surface area (Å²) in [7, 11) is 0. The largest absolute Gasteiger partial charge is 0.439 e. The minimum atomic E-state index is -0.430. The molecule has 1 heterocycles. The van der Waals surface area contributed by atoms with Crippen LogP contribution < -0.4 is 10.1 Å². The molecule has 0 bridgehead atoms. The summed E-state index contributed by atoms with van der Waals surface area (Å²) in [4.78, 5) is 14.5. The third-order valence-corrected chi connectivity index (χ3v) is 2.67. The van der Waals surface area contributed by atoms with Crippen molar-refractivity contribution in [1.82, 2.24) is 4.98 Å². The van der Waals surface area contributed by atoms with Crippen molar-refractivity contribution in [3.05, 3.63) is 52.1 Å². The lowest BCUT2D eigenvalue weighted by molar-refractivity contribution is -0.384. The van der Waals surface area contributed by atoms with E-state index in [2.05, 4.69) is 10.3 Å². The van der Waals surface area contributed by atoms with Crippen LogP contribution in [0.25, 0.3) is 0 Å². The summed E-state index contributed by atoms with van der Waals surface area (Å²) in [6.07, 6.45) is 0. The van der Waals surface area contributed by atoms with E-state index >= 15 is 0 Å². The zero-order valence-corrected chi connectivity index (χ0v) is 11.3. The Labute approximate surface area is 116 Å². The molecule has 0 unspecified atom stereocenters. The van der Waals surface area contributed by atoms with Crippen LogP contribution in [0.3, 0.4) is 0 Å². The number of rotatable bonds is 5. The topological polar surface area (TPSA) is 77.3 Å². The molecule has 0 aliphatic rings. The van der Waals surface area contributed by atoms with E-state index < -0.39 is 4.92 Å². The summed E-state index contributed by atoms with van der Waals surface area (Å²) in [5, 5.41) is 13.8. The molecule has 0 radical (unpaired) electrons. The maximum absolute atomic E-state index is 10.7. The molecule has 1 aromatic heterocycles. The number of non-ortho nitro benzene ring substituents is 1. The molecule has 0 saturated carbocycles. The van der Waals surface area contributed by atoms with Gasteiger partial charge in [0.1, 0.15) is 11.6 Å². The molecule has 1 N–H and O–H groups in total. The number of hydrogen-bond acceptors (Lipinski definition) is 5. The lowest BCUT2D eigenvalue weighted by Gasteiger charge is -2.09. The van der Waals surface area contributed by atoms with Gasteiger partial charge >= 0.3 is 0 Å². The van der Waals surface area contributed by atoms with Gasteiger partial charge in [-0.3, -0.25) is 10.1 Å². The average Bonchev–Trinajstić information content (AvgIpc) is 2.42. The molecule has 2 rings (SSSR count). The molecule has 2 aromatic rings. The van der Waals surface area contributed by atoms with Gasteiger partial charge in [0.2, 0.25) is 5.88 Å². The van der Waals surface area contributed by atoms with Crippen LogP contribution in [-0.2, 0) is 0 Å². The summed E-state index contributed by atoms with van der Waals surface area (Å²) >= 11 is 0. The highest BCUT2D eigenvalue weighted by molar-refractivity contribution is 5.45. The molecule has 0 saturated heterocycles. The molecule has 6 nitrogen and oxygen atoms in total. The molecular weight excluding hydrogens is 258 g/mol. The summed E-state index contributed by atoms with van der Waals surface area (Å²) in [5.41, 5.74) is 0.735. The molecular formula is C14H15N3O3. The Bertz CT molecular complexity index is 629. The second-order valence-corrected chi connectivity index (χ2v) is 4.20. The van der Waals surface area contributed by atoms with Gasteiger partial charge in [0, 0.05) is 24.7 Å². The molecule has 6 heteroatoms. The van der Waals surface area contributed by atoms with Crippen LogP contribution in [0.2, 0.25) is 0 Å². The van der Waals surface area contributed by atoms with Crippen LogP contribution in [0, 0.1) is 17.0 Å². The summed E-state index contributed by atoms with van der Waals surface area (Å²) < 4.78 is 5.66. The number of nitro benzene ring substituents is 1. The van der Waals surface area contributed by atoms with Crippen LogP contribution >= 0.6 is 0 Å². The molecule has 20 heavy (non-hydrogen) atoms. The van der Waals surface area contributed by atoms with Crippen LogP contribution in [0.15, 0.2) is 36.4 Å². The number of aromatic nitrogens is 1. The number of anilines is 1. The molecule has 104 valence electrons. The van der Waals surface area contributed by atoms with Crippen molar-refractivity contribution in [2.24, 2.45) is 0 Å². The highest BCUT2D eigenvalue weighted by Gasteiger charge is 2.10. The SMILES string of the molecule is CCNc1cccc(Oc2ccc([N+](=O)[O-])cc2C)n1. The molecule has 0 atom stereocenters. The van der Waals surface area contributed by atoms with Crippen LogP contribution in [-0.4, -0.2) is 16.5 Å². The molecule has 0 aliphatic carbocycles. The third-order valence-electron chi connectivity index (χ3n) is 2.67. The first-order valence-electron chi connectivity index (χ1n) is 6.24. The quantitative estimate of drug-likeness (QED) is 0.666. The molecule has 0 fully saturated rings. The monoisotopic (exact) mass is 273 g/mol. The van der Waals surface area contributed by atoms with Gasteiger partial charge in [-0.15, -0.1) is 0 Å². The van der Waals surface area contributed by atoms with Crippen molar-refractivity contribution in [3.8, 4) is 11.6 Å². The predicted molar refractivity (Wildman–Crippen MR) is 76.3 cm³/mol. The minimum absolute atomic E-state index is 0.0456. The van der Waals surface area contributed by atoms with Crippen molar-refractivity contribution < 1.29 is 9.66 Å². The van der Waals surface area contributed by atoms with E-state index in [-0.39, 0.29) is 5.69 Å². The normalized spacial score (nSPS) is 10.1. The van der Waals surface area contributed by atoms with E-state index in [0.29, 0.717) is 17.2 Å². The average molecular weight is 273 g/mol. The number of nitro groups is 1. The molecule has 0 spiro atoms. The van der Waals surface area contributed by atoms with E-state index in [9.17, 15) is 10.1 Å². The number of pyridine rings is 1. The van der Waals surface area contributed by atoms with Crippen molar-refractivity contribution in [2.45, 2.75) is 13.8 Å². The summed E-state index contributed by atoms with van der Waals surface area (Å²) in [5.74, 6) is 1.72. The van der Waals surface area contributed by atoms with Crippen molar-refractivity contribution in [3.63, 3.8) is 0 Å². The van der Waals surface area contributed by atoms with Gasteiger partial charge in [-0.2, -0.15) is 4.98 Å². The van der Waals surface area contributed by atoms with Crippen molar-refractivity contribution >= 4 is 11.5 Å². The van der Waals surface area contributed by atoms with Crippen molar-refractivity contribution in [1.29, 1.82) is 0 Å². The van der Waals surface area contributed by atoms with Gasteiger partial charge < -0.3 is 10.1 Å². The standard InChI is InChI=1S/C14H15N3O3/c1-3-15-13-5-4-6-14(16-13)20-12-8-7-11(17(18)19)9-10(12)2/h4-9H,3H2,1-2H3,(H,15,16). The third kappa shape index (κ3) is 3.23. The number of nitrogens with zero attached hydrogens (tertiary/aromatic N) is 2. The van der Waals surface area contributed by atoms with Gasteiger partial charge in [0.25, 0.3) is 5.69 Å². The lowest BCUT2D eigenvalue weighted by atomic mass is 10.2. The Morgan fingerprint density at radius 3 is 2.80 bits per heavy atom.